The summed E-state index contributed by atoms with van der Waals surface area (Å²) in [6.45, 7) is 8.12. The van der Waals surface area contributed by atoms with Crippen molar-refractivity contribution in [3.8, 4) is 0 Å². The number of aliphatic hydroxyl groups excluding tert-OH is 1. The molecule has 0 spiro atoms. The van der Waals surface area contributed by atoms with E-state index in [1.807, 2.05) is 6.92 Å². The third-order valence-electron chi connectivity index (χ3n) is 4.06. The van der Waals surface area contributed by atoms with Crippen molar-refractivity contribution in [3.63, 3.8) is 0 Å². The Morgan fingerprint density at radius 2 is 1.81 bits per heavy atom. The molecule has 0 bridgehead atoms. The maximum Gasteiger partial charge on any atom is 0.137 e. The molecule has 0 aromatic carbocycles. The first-order valence-electron chi connectivity index (χ1n) is 7.78. The van der Waals surface area contributed by atoms with Crippen LogP contribution in [0.25, 0.3) is 0 Å². The molecular weight excluding hydrogens is 286 g/mol. The van der Waals surface area contributed by atoms with Gasteiger partial charge in [-0.2, -0.15) is 0 Å². The molecule has 118 valence electrons. The first kappa shape index (κ1) is 16.5. The van der Waals surface area contributed by atoms with Gasteiger partial charge >= 0.3 is 0 Å². The topological polar surface area (TPSA) is 58.0 Å². The number of rotatable bonds is 2. The summed E-state index contributed by atoms with van der Waals surface area (Å²) in [4.78, 5) is 9.03. The van der Waals surface area contributed by atoms with Crippen LogP contribution in [0.4, 0.5) is 5.82 Å². The molecule has 1 aliphatic carbocycles. The van der Waals surface area contributed by atoms with Crippen LogP contribution in [0.3, 0.4) is 0 Å². The molecule has 0 saturated heterocycles. The van der Waals surface area contributed by atoms with Crippen LogP contribution in [-0.2, 0) is 5.41 Å². The van der Waals surface area contributed by atoms with Crippen LogP contribution in [-0.4, -0.2) is 27.2 Å². The van der Waals surface area contributed by atoms with E-state index in [-0.39, 0.29) is 17.6 Å². The average molecular weight is 312 g/mol. The number of nitrogens with one attached hydrogen (secondary N) is 1. The zero-order chi connectivity index (χ0) is 15.6. The smallest absolute Gasteiger partial charge is 0.137 e. The fourth-order valence-corrected chi connectivity index (χ4v) is 2.77. The van der Waals surface area contributed by atoms with Gasteiger partial charge in [-0.15, -0.1) is 0 Å². The van der Waals surface area contributed by atoms with Crippen LogP contribution in [0, 0.1) is 6.92 Å². The van der Waals surface area contributed by atoms with Gasteiger partial charge in [0.2, 0.25) is 0 Å². The summed E-state index contributed by atoms with van der Waals surface area (Å²) in [5.41, 5.74) is 0.691. The molecule has 0 radical (unpaired) electrons. The predicted molar refractivity (Wildman–Crippen MR) is 87.0 cm³/mol. The zero-order valence-corrected chi connectivity index (χ0v) is 14.2. The van der Waals surface area contributed by atoms with E-state index in [1.165, 1.54) is 6.42 Å². The molecule has 1 aromatic heterocycles. The first-order valence-corrected chi connectivity index (χ1v) is 8.16. The van der Waals surface area contributed by atoms with Gasteiger partial charge in [0.1, 0.15) is 16.8 Å². The monoisotopic (exact) mass is 311 g/mol. The molecule has 21 heavy (non-hydrogen) atoms. The van der Waals surface area contributed by atoms with E-state index in [9.17, 15) is 5.11 Å². The quantitative estimate of drug-likeness (QED) is 0.643. The Kier molecular flexibility index (Phi) is 5.10. The lowest BCUT2D eigenvalue weighted by Crippen LogP contribution is -2.33. The number of anilines is 1. The van der Waals surface area contributed by atoms with Crippen molar-refractivity contribution in [2.45, 2.75) is 77.4 Å². The maximum atomic E-state index is 10.3. The van der Waals surface area contributed by atoms with Crippen molar-refractivity contribution in [2.24, 2.45) is 0 Å². The fourth-order valence-electron chi connectivity index (χ4n) is 2.60. The van der Waals surface area contributed by atoms with Crippen LogP contribution >= 0.6 is 11.6 Å². The lowest BCUT2D eigenvalue weighted by atomic mass is 9.95. The molecule has 1 fully saturated rings. The van der Waals surface area contributed by atoms with Crippen LogP contribution in [0.15, 0.2) is 0 Å². The molecule has 4 nitrogen and oxygen atoms in total. The summed E-state index contributed by atoms with van der Waals surface area (Å²) in [6, 6.07) is 0.0463. The Labute approximate surface area is 132 Å². The lowest BCUT2D eigenvalue weighted by Gasteiger charge is -2.25. The molecule has 1 saturated carbocycles. The van der Waals surface area contributed by atoms with Gasteiger partial charge in [0.05, 0.1) is 12.1 Å². The number of hydrogen-bond acceptors (Lipinski definition) is 4. The highest BCUT2D eigenvalue weighted by Gasteiger charge is 2.25. The lowest BCUT2D eigenvalue weighted by molar-refractivity contribution is 0.144. The van der Waals surface area contributed by atoms with E-state index in [1.54, 1.807) is 0 Å². The standard InChI is InChI=1S/C16H26ClN3O/c1-10-13(17)19-15(16(2,3)4)20-14(10)18-11-8-6-5-7-9-12(11)21/h11-12,21H,5-9H2,1-4H3,(H,18,19,20). The van der Waals surface area contributed by atoms with Gasteiger partial charge in [-0.3, -0.25) is 0 Å². The number of aliphatic hydroxyl groups is 1. The summed E-state index contributed by atoms with van der Waals surface area (Å²) in [6.07, 6.45) is 4.91. The van der Waals surface area contributed by atoms with Crippen molar-refractivity contribution in [1.82, 2.24) is 9.97 Å². The molecule has 5 heteroatoms. The van der Waals surface area contributed by atoms with Gasteiger partial charge in [0.15, 0.2) is 0 Å². The number of hydrogen-bond donors (Lipinski definition) is 2. The van der Waals surface area contributed by atoms with Gasteiger partial charge in [-0.1, -0.05) is 51.6 Å². The number of nitrogens with zero attached hydrogens (tertiary/aromatic N) is 2. The van der Waals surface area contributed by atoms with Gasteiger partial charge in [-0.05, 0) is 19.8 Å². The molecule has 2 rings (SSSR count). The summed E-state index contributed by atoms with van der Waals surface area (Å²) < 4.78 is 0. The Morgan fingerprint density at radius 3 is 2.48 bits per heavy atom. The Balaban J connectivity index is 2.28. The van der Waals surface area contributed by atoms with Crippen LogP contribution in [0.2, 0.25) is 5.15 Å². The third kappa shape index (κ3) is 4.07. The van der Waals surface area contributed by atoms with E-state index in [0.29, 0.717) is 5.15 Å². The maximum absolute atomic E-state index is 10.3. The summed E-state index contributed by atoms with van der Waals surface area (Å²) in [7, 11) is 0. The predicted octanol–water partition coefficient (Wildman–Crippen LogP) is 3.84. The second kappa shape index (κ2) is 6.49. The molecule has 1 heterocycles. The molecule has 1 aromatic rings. The highest BCUT2D eigenvalue weighted by molar-refractivity contribution is 6.30. The molecule has 0 amide bonds. The second-order valence-corrected chi connectivity index (χ2v) is 7.38. The summed E-state index contributed by atoms with van der Waals surface area (Å²) in [5.74, 6) is 1.48. The Morgan fingerprint density at radius 1 is 1.14 bits per heavy atom. The minimum absolute atomic E-state index is 0.0463. The molecule has 2 atom stereocenters. The highest BCUT2D eigenvalue weighted by Crippen LogP contribution is 2.28. The zero-order valence-electron chi connectivity index (χ0n) is 13.4. The van der Waals surface area contributed by atoms with Crippen molar-refractivity contribution in [3.05, 3.63) is 16.5 Å². The van der Waals surface area contributed by atoms with Crippen molar-refractivity contribution in [1.29, 1.82) is 0 Å². The van der Waals surface area contributed by atoms with Crippen molar-refractivity contribution in [2.75, 3.05) is 5.32 Å². The average Bonchev–Trinajstić information content (AvgIpc) is 2.59. The van der Waals surface area contributed by atoms with Gasteiger partial charge in [0, 0.05) is 11.0 Å². The second-order valence-electron chi connectivity index (χ2n) is 7.02. The number of halogens is 1. The minimum Gasteiger partial charge on any atom is -0.391 e. The molecule has 2 N–H and O–H groups in total. The Bertz CT molecular complexity index is 499. The van der Waals surface area contributed by atoms with E-state index >= 15 is 0 Å². The third-order valence-corrected chi connectivity index (χ3v) is 4.43. The van der Waals surface area contributed by atoms with Gasteiger partial charge in [-0.25, -0.2) is 9.97 Å². The fraction of sp³-hybridized carbons (Fsp3) is 0.750. The summed E-state index contributed by atoms with van der Waals surface area (Å²) >= 11 is 6.26. The molecule has 2 unspecified atom stereocenters. The van der Waals surface area contributed by atoms with Crippen LogP contribution in [0.5, 0.6) is 0 Å². The molecular formula is C16H26ClN3O. The van der Waals surface area contributed by atoms with E-state index in [0.717, 1.165) is 42.9 Å². The Hall–Kier alpha value is -0.870. The van der Waals surface area contributed by atoms with E-state index < -0.39 is 0 Å². The van der Waals surface area contributed by atoms with Gasteiger partial charge < -0.3 is 10.4 Å². The van der Waals surface area contributed by atoms with E-state index in [4.69, 9.17) is 11.6 Å². The number of aromatic nitrogens is 2. The van der Waals surface area contributed by atoms with Crippen molar-refractivity contribution >= 4 is 17.4 Å². The summed E-state index contributed by atoms with van der Waals surface area (Å²) in [5, 5.41) is 14.2. The first-order chi connectivity index (χ1) is 9.79. The van der Waals surface area contributed by atoms with E-state index in [2.05, 4.69) is 36.1 Å². The highest BCUT2D eigenvalue weighted by atomic mass is 35.5. The largest absolute Gasteiger partial charge is 0.391 e. The van der Waals surface area contributed by atoms with Crippen LogP contribution in [0.1, 0.15) is 64.3 Å². The van der Waals surface area contributed by atoms with Crippen LogP contribution < -0.4 is 5.32 Å². The minimum atomic E-state index is -0.321. The normalized spacial score (nSPS) is 23.7. The van der Waals surface area contributed by atoms with Crippen molar-refractivity contribution < 1.29 is 5.11 Å². The SMILES string of the molecule is Cc1c(Cl)nc(C(C)(C)C)nc1NC1CCCCCC1O. The molecule has 1 aliphatic rings. The molecule has 0 aliphatic heterocycles. The van der Waals surface area contributed by atoms with Gasteiger partial charge in [0.25, 0.3) is 0 Å².